The smallest absolute Gasteiger partial charge is 0.188 e. The van der Waals surface area contributed by atoms with Gasteiger partial charge in [-0.1, -0.05) is 19.4 Å². The summed E-state index contributed by atoms with van der Waals surface area (Å²) < 4.78 is 0. The molecule has 0 aliphatic carbocycles. The number of aliphatic imine (C=N–C) groups is 1. The predicted molar refractivity (Wildman–Crippen MR) is 91.7 cm³/mol. The standard InChI is InChI=1S/C16H28N4S/c1-2-3-8-18-16(17)19-12-14-6-9-20(10-7-14)13-15-5-4-11-21-15/h4-5,11,14H,2-3,6-10,12-13H2,1H3,(H3,17,18,19). The molecule has 1 aliphatic rings. The molecule has 1 fully saturated rings. The van der Waals surface area contributed by atoms with Gasteiger partial charge in [-0.3, -0.25) is 9.89 Å². The van der Waals surface area contributed by atoms with Gasteiger partial charge in [-0.15, -0.1) is 11.3 Å². The van der Waals surface area contributed by atoms with Gasteiger partial charge in [-0.2, -0.15) is 0 Å². The summed E-state index contributed by atoms with van der Waals surface area (Å²) in [6.45, 7) is 7.46. The van der Waals surface area contributed by atoms with E-state index >= 15 is 0 Å². The van der Waals surface area contributed by atoms with Gasteiger partial charge in [0.1, 0.15) is 0 Å². The van der Waals surface area contributed by atoms with Gasteiger partial charge in [0.05, 0.1) is 0 Å². The Morgan fingerprint density at radius 3 is 2.95 bits per heavy atom. The van der Waals surface area contributed by atoms with Gasteiger partial charge >= 0.3 is 0 Å². The summed E-state index contributed by atoms with van der Waals surface area (Å²) >= 11 is 1.85. The van der Waals surface area contributed by atoms with Crippen molar-refractivity contribution < 1.29 is 0 Å². The average molecular weight is 308 g/mol. The van der Waals surface area contributed by atoms with Crippen LogP contribution in [-0.2, 0) is 6.54 Å². The molecular formula is C16H28N4S. The number of rotatable bonds is 7. The molecule has 1 aromatic heterocycles. The number of thiophene rings is 1. The zero-order valence-electron chi connectivity index (χ0n) is 13.1. The van der Waals surface area contributed by atoms with Crippen LogP contribution >= 0.6 is 11.3 Å². The highest BCUT2D eigenvalue weighted by Crippen LogP contribution is 2.20. The van der Waals surface area contributed by atoms with E-state index in [1.165, 1.54) is 37.2 Å². The number of nitrogens with zero attached hydrogens (tertiary/aromatic N) is 2. The molecule has 2 rings (SSSR count). The van der Waals surface area contributed by atoms with Crippen molar-refractivity contribution in [3.63, 3.8) is 0 Å². The molecule has 0 spiro atoms. The lowest BCUT2D eigenvalue weighted by molar-refractivity contribution is 0.182. The lowest BCUT2D eigenvalue weighted by atomic mass is 9.97. The minimum atomic E-state index is 0.615. The third-order valence-electron chi connectivity index (χ3n) is 4.02. The van der Waals surface area contributed by atoms with Crippen molar-refractivity contribution in [3.8, 4) is 0 Å². The molecule has 5 heteroatoms. The molecule has 0 bridgehead atoms. The summed E-state index contributed by atoms with van der Waals surface area (Å²) in [5, 5.41) is 5.34. The van der Waals surface area contributed by atoms with Crippen molar-refractivity contribution in [2.45, 2.75) is 39.2 Å². The van der Waals surface area contributed by atoms with Gasteiger partial charge in [0.2, 0.25) is 0 Å². The summed E-state index contributed by atoms with van der Waals surface area (Å²) in [6.07, 6.45) is 4.80. The molecule has 0 unspecified atom stereocenters. The van der Waals surface area contributed by atoms with Crippen LogP contribution in [0.3, 0.4) is 0 Å². The molecule has 0 saturated carbocycles. The Morgan fingerprint density at radius 1 is 1.48 bits per heavy atom. The molecule has 0 aromatic carbocycles. The van der Waals surface area contributed by atoms with Crippen LogP contribution in [-0.4, -0.2) is 37.0 Å². The van der Waals surface area contributed by atoms with Gasteiger partial charge < -0.3 is 11.1 Å². The maximum atomic E-state index is 5.88. The highest BCUT2D eigenvalue weighted by atomic mass is 32.1. The van der Waals surface area contributed by atoms with Gasteiger partial charge in [-0.25, -0.2) is 0 Å². The first kappa shape index (κ1) is 16.3. The summed E-state index contributed by atoms with van der Waals surface area (Å²) in [5.41, 5.74) is 5.88. The van der Waals surface area contributed by atoms with Crippen LogP contribution in [0.15, 0.2) is 22.5 Å². The Labute approximate surface area is 132 Å². The van der Waals surface area contributed by atoms with E-state index in [4.69, 9.17) is 5.73 Å². The number of nitrogens with one attached hydrogen (secondary N) is 1. The topological polar surface area (TPSA) is 53.6 Å². The highest BCUT2D eigenvalue weighted by Gasteiger charge is 2.19. The number of hydrogen-bond donors (Lipinski definition) is 2. The van der Waals surface area contributed by atoms with Gasteiger partial charge in [0, 0.05) is 24.5 Å². The Kier molecular flexibility index (Phi) is 7.03. The van der Waals surface area contributed by atoms with Gasteiger partial charge in [0.15, 0.2) is 5.96 Å². The molecule has 21 heavy (non-hydrogen) atoms. The number of piperidine rings is 1. The molecule has 0 atom stereocenters. The van der Waals surface area contributed by atoms with E-state index in [0.29, 0.717) is 11.9 Å². The summed E-state index contributed by atoms with van der Waals surface area (Å²) in [7, 11) is 0. The molecule has 4 nitrogen and oxygen atoms in total. The normalized spacial score (nSPS) is 18.0. The van der Waals surface area contributed by atoms with Crippen LogP contribution in [0, 0.1) is 5.92 Å². The summed E-state index contributed by atoms with van der Waals surface area (Å²) in [4.78, 5) is 8.51. The predicted octanol–water partition coefficient (Wildman–Crippen LogP) is 2.66. The van der Waals surface area contributed by atoms with Gasteiger partial charge in [0.25, 0.3) is 0 Å². The van der Waals surface area contributed by atoms with Crippen molar-refractivity contribution in [3.05, 3.63) is 22.4 Å². The first-order valence-corrected chi connectivity index (χ1v) is 8.94. The Bertz CT molecular complexity index is 408. The SMILES string of the molecule is CCCCNC(N)=NCC1CCN(Cc2cccs2)CC1. The van der Waals surface area contributed by atoms with E-state index in [2.05, 4.69) is 39.6 Å². The lowest BCUT2D eigenvalue weighted by Gasteiger charge is -2.30. The Balaban J connectivity index is 1.63. The third-order valence-corrected chi connectivity index (χ3v) is 4.88. The van der Waals surface area contributed by atoms with Crippen LogP contribution in [0.1, 0.15) is 37.5 Å². The Morgan fingerprint density at radius 2 is 2.29 bits per heavy atom. The maximum absolute atomic E-state index is 5.88. The first-order valence-electron chi connectivity index (χ1n) is 8.06. The summed E-state index contributed by atoms with van der Waals surface area (Å²) in [5.74, 6) is 1.31. The van der Waals surface area contributed by atoms with Crippen LogP contribution in [0.5, 0.6) is 0 Å². The maximum Gasteiger partial charge on any atom is 0.188 e. The van der Waals surface area contributed by atoms with Crippen molar-refractivity contribution in [2.75, 3.05) is 26.2 Å². The molecular weight excluding hydrogens is 280 g/mol. The number of nitrogens with two attached hydrogens (primary N) is 1. The van der Waals surface area contributed by atoms with Crippen molar-refractivity contribution in [1.29, 1.82) is 0 Å². The second kappa shape index (κ2) is 9.05. The molecule has 0 amide bonds. The second-order valence-electron chi connectivity index (χ2n) is 5.81. The van der Waals surface area contributed by atoms with Crippen molar-refractivity contribution in [1.82, 2.24) is 10.2 Å². The van der Waals surface area contributed by atoms with E-state index in [1.54, 1.807) is 0 Å². The minimum absolute atomic E-state index is 0.615. The minimum Gasteiger partial charge on any atom is -0.370 e. The van der Waals surface area contributed by atoms with E-state index in [0.717, 1.165) is 26.1 Å². The third kappa shape index (κ3) is 6.06. The molecule has 118 valence electrons. The molecule has 0 radical (unpaired) electrons. The zero-order chi connectivity index (χ0) is 14.9. The molecule has 1 saturated heterocycles. The fraction of sp³-hybridized carbons (Fsp3) is 0.688. The van der Waals surface area contributed by atoms with E-state index < -0.39 is 0 Å². The molecule has 3 N–H and O–H groups in total. The largest absolute Gasteiger partial charge is 0.370 e. The van der Waals surface area contributed by atoms with Crippen LogP contribution in [0.25, 0.3) is 0 Å². The molecule has 2 heterocycles. The summed E-state index contributed by atoms with van der Waals surface area (Å²) in [6, 6.07) is 4.36. The second-order valence-corrected chi connectivity index (χ2v) is 6.84. The van der Waals surface area contributed by atoms with Crippen LogP contribution < -0.4 is 11.1 Å². The number of guanidine groups is 1. The fourth-order valence-electron chi connectivity index (χ4n) is 2.63. The number of likely N-dealkylation sites (tertiary alicyclic amines) is 1. The van der Waals surface area contributed by atoms with E-state index in [1.807, 2.05) is 11.3 Å². The van der Waals surface area contributed by atoms with Crippen LogP contribution in [0.4, 0.5) is 0 Å². The van der Waals surface area contributed by atoms with Crippen molar-refractivity contribution >= 4 is 17.3 Å². The molecule has 1 aliphatic heterocycles. The quantitative estimate of drug-likeness (QED) is 0.462. The Hall–Kier alpha value is -1.07. The van der Waals surface area contributed by atoms with Gasteiger partial charge in [-0.05, 0) is 49.7 Å². The average Bonchev–Trinajstić information content (AvgIpc) is 3.00. The molecule has 1 aromatic rings. The first-order chi connectivity index (χ1) is 10.3. The monoisotopic (exact) mass is 308 g/mol. The van der Waals surface area contributed by atoms with Crippen LogP contribution in [0.2, 0.25) is 0 Å². The van der Waals surface area contributed by atoms with E-state index in [9.17, 15) is 0 Å². The highest BCUT2D eigenvalue weighted by molar-refractivity contribution is 7.09. The lowest BCUT2D eigenvalue weighted by Crippen LogP contribution is -2.35. The fourth-order valence-corrected chi connectivity index (χ4v) is 3.37. The van der Waals surface area contributed by atoms with Crippen molar-refractivity contribution in [2.24, 2.45) is 16.6 Å². The van der Waals surface area contributed by atoms with E-state index in [-0.39, 0.29) is 0 Å². The zero-order valence-corrected chi connectivity index (χ0v) is 13.9. The number of unbranched alkanes of at least 4 members (excludes halogenated alkanes) is 1. The number of hydrogen-bond acceptors (Lipinski definition) is 3.